The van der Waals surface area contributed by atoms with E-state index in [2.05, 4.69) is 5.32 Å². The highest BCUT2D eigenvalue weighted by atomic mass is 16.4. The number of rotatable bonds is 7. The van der Waals surface area contributed by atoms with E-state index in [1.165, 1.54) is 4.90 Å². The highest BCUT2D eigenvalue weighted by Crippen LogP contribution is 2.18. The molecule has 0 radical (unpaired) electrons. The number of aliphatic carboxylic acids is 1. The van der Waals surface area contributed by atoms with Crippen LogP contribution in [0.1, 0.15) is 33.1 Å². The molecule has 3 atom stereocenters. The van der Waals surface area contributed by atoms with E-state index in [4.69, 9.17) is 10.8 Å². The smallest absolute Gasteiger partial charge is 0.305 e. The molecule has 1 heterocycles. The molecule has 0 aliphatic carbocycles. The molecule has 8 nitrogen and oxygen atoms in total. The molecule has 1 saturated heterocycles. The molecule has 0 aromatic carbocycles. The monoisotopic (exact) mass is 313 g/mol. The van der Waals surface area contributed by atoms with Gasteiger partial charge < -0.3 is 25.9 Å². The van der Waals surface area contributed by atoms with E-state index in [0.29, 0.717) is 13.0 Å². The van der Waals surface area contributed by atoms with Crippen molar-refractivity contribution in [2.24, 2.45) is 11.7 Å². The average molecular weight is 313 g/mol. The summed E-state index contributed by atoms with van der Waals surface area (Å²) in [4.78, 5) is 47.5. The molecule has 0 saturated carbocycles. The van der Waals surface area contributed by atoms with Gasteiger partial charge in [-0.3, -0.25) is 14.4 Å². The molecule has 124 valence electrons. The molecule has 4 N–H and O–H groups in total. The lowest BCUT2D eigenvalue weighted by Gasteiger charge is -2.29. The minimum absolute atomic E-state index is 0.207. The van der Waals surface area contributed by atoms with E-state index < -0.39 is 36.4 Å². The highest BCUT2D eigenvalue weighted by Gasteiger charge is 2.35. The second kappa shape index (κ2) is 7.88. The molecule has 0 unspecified atom stereocenters. The molecular weight excluding hydrogens is 290 g/mol. The zero-order valence-electron chi connectivity index (χ0n) is 12.8. The Bertz CT molecular complexity index is 452. The van der Waals surface area contributed by atoms with Crippen molar-refractivity contribution in [2.45, 2.75) is 51.2 Å². The molecular formula is C14H23N3O5. The molecule has 0 spiro atoms. The zero-order valence-corrected chi connectivity index (χ0v) is 12.8. The van der Waals surface area contributed by atoms with Crippen LogP contribution >= 0.6 is 0 Å². The van der Waals surface area contributed by atoms with Crippen molar-refractivity contribution in [2.75, 3.05) is 6.54 Å². The first-order chi connectivity index (χ1) is 10.3. The van der Waals surface area contributed by atoms with Crippen LogP contribution in [0.2, 0.25) is 0 Å². The fourth-order valence-electron chi connectivity index (χ4n) is 2.44. The van der Waals surface area contributed by atoms with E-state index in [0.717, 1.165) is 12.7 Å². The summed E-state index contributed by atoms with van der Waals surface area (Å²) in [5, 5.41) is 11.2. The van der Waals surface area contributed by atoms with Crippen LogP contribution in [0.4, 0.5) is 0 Å². The average Bonchev–Trinajstić information content (AvgIpc) is 2.90. The molecule has 0 bridgehead atoms. The summed E-state index contributed by atoms with van der Waals surface area (Å²) < 4.78 is 0. The van der Waals surface area contributed by atoms with Crippen LogP contribution in [0.15, 0.2) is 0 Å². The quantitative estimate of drug-likeness (QED) is 0.523. The van der Waals surface area contributed by atoms with Crippen molar-refractivity contribution in [3.8, 4) is 0 Å². The van der Waals surface area contributed by atoms with Gasteiger partial charge in [0.05, 0.1) is 18.5 Å². The van der Waals surface area contributed by atoms with Crippen LogP contribution in [0.5, 0.6) is 0 Å². The number of carbonyl (C=O) groups excluding carboxylic acids is 3. The summed E-state index contributed by atoms with van der Waals surface area (Å²) in [6, 6.07) is -2.50. The van der Waals surface area contributed by atoms with E-state index in [1.54, 1.807) is 13.8 Å². The Morgan fingerprint density at radius 2 is 2.05 bits per heavy atom. The van der Waals surface area contributed by atoms with Crippen molar-refractivity contribution < 1.29 is 24.3 Å². The van der Waals surface area contributed by atoms with Crippen molar-refractivity contribution >= 4 is 24.1 Å². The molecule has 0 aromatic heterocycles. The van der Waals surface area contributed by atoms with Gasteiger partial charge >= 0.3 is 5.97 Å². The van der Waals surface area contributed by atoms with Gasteiger partial charge in [-0.15, -0.1) is 0 Å². The van der Waals surface area contributed by atoms with Gasteiger partial charge in [0.2, 0.25) is 11.8 Å². The number of carboxylic acids is 1. The van der Waals surface area contributed by atoms with Crippen molar-refractivity contribution in [3.63, 3.8) is 0 Å². The van der Waals surface area contributed by atoms with Crippen LogP contribution in [0.3, 0.4) is 0 Å². The second-order valence-electron chi connectivity index (χ2n) is 5.81. The summed E-state index contributed by atoms with van der Waals surface area (Å²) in [6.07, 6.45) is 1.59. The van der Waals surface area contributed by atoms with Gasteiger partial charge in [0.15, 0.2) is 0 Å². The summed E-state index contributed by atoms with van der Waals surface area (Å²) in [5.41, 5.74) is 5.50. The van der Waals surface area contributed by atoms with Gasteiger partial charge in [0, 0.05) is 6.54 Å². The number of hydrogen-bond acceptors (Lipinski definition) is 5. The van der Waals surface area contributed by atoms with Crippen molar-refractivity contribution in [1.82, 2.24) is 10.2 Å². The van der Waals surface area contributed by atoms with Crippen LogP contribution in [0.25, 0.3) is 0 Å². The largest absolute Gasteiger partial charge is 0.481 e. The molecule has 1 aliphatic heterocycles. The fourth-order valence-corrected chi connectivity index (χ4v) is 2.44. The molecule has 22 heavy (non-hydrogen) atoms. The normalized spacial score (nSPS) is 20.5. The standard InChI is InChI=1S/C14H23N3O5/c1-8(2)12(16-13(21)10(15)6-11(19)20)14(22)17-5-3-4-9(17)7-18/h7-10,12H,3-6,15H2,1-2H3,(H,16,21)(H,19,20)/t9-,10-,12-/m0/s1. The van der Waals surface area contributed by atoms with Gasteiger partial charge in [-0.1, -0.05) is 13.8 Å². The van der Waals surface area contributed by atoms with Crippen LogP contribution in [-0.2, 0) is 19.2 Å². The Hall–Kier alpha value is -1.96. The lowest BCUT2D eigenvalue weighted by atomic mass is 10.0. The minimum atomic E-state index is -1.22. The van der Waals surface area contributed by atoms with Crippen LogP contribution in [-0.4, -0.2) is 58.7 Å². The lowest BCUT2D eigenvalue weighted by molar-refractivity contribution is -0.141. The van der Waals surface area contributed by atoms with Gasteiger partial charge in [-0.2, -0.15) is 0 Å². The number of carboxylic acid groups (broad SMARTS) is 1. The first-order valence-corrected chi connectivity index (χ1v) is 7.31. The number of nitrogens with one attached hydrogen (secondary N) is 1. The van der Waals surface area contributed by atoms with Crippen LogP contribution < -0.4 is 11.1 Å². The van der Waals surface area contributed by atoms with E-state index in [1.807, 2.05) is 0 Å². The Labute approximate surface area is 129 Å². The third kappa shape index (κ3) is 4.52. The molecule has 0 aromatic rings. The number of nitrogens with zero attached hydrogens (tertiary/aromatic N) is 1. The SMILES string of the molecule is CC(C)[C@H](NC(=O)[C@@H](N)CC(=O)O)C(=O)N1CCC[C@H]1C=O. The third-order valence-electron chi connectivity index (χ3n) is 3.70. The number of likely N-dealkylation sites (tertiary alicyclic amines) is 1. The van der Waals surface area contributed by atoms with E-state index in [-0.39, 0.29) is 11.8 Å². The number of carbonyl (C=O) groups is 4. The van der Waals surface area contributed by atoms with Crippen molar-refractivity contribution in [1.29, 1.82) is 0 Å². The summed E-state index contributed by atoms with van der Waals surface area (Å²) in [7, 11) is 0. The second-order valence-corrected chi connectivity index (χ2v) is 5.81. The lowest BCUT2D eigenvalue weighted by Crippen LogP contribution is -2.55. The first kappa shape index (κ1) is 18.1. The van der Waals surface area contributed by atoms with Gasteiger partial charge in [-0.25, -0.2) is 0 Å². The maximum Gasteiger partial charge on any atom is 0.305 e. The number of amides is 2. The Balaban J connectivity index is 2.76. The number of hydrogen-bond donors (Lipinski definition) is 3. The molecule has 1 rings (SSSR count). The minimum Gasteiger partial charge on any atom is -0.481 e. The molecule has 1 fully saturated rings. The summed E-state index contributed by atoms with van der Waals surface area (Å²) >= 11 is 0. The predicted molar refractivity (Wildman–Crippen MR) is 77.8 cm³/mol. The van der Waals surface area contributed by atoms with Gasteiger partial charge in [0.25, 0.3) is 0 Å². The highest BCUT2D eigenvalue weighted by molar-refractivity contribution is 5.92. The number of aldehydes is 1. The third-order valence-corrected chi connectivity index (χ3v) is 3.70. The van der Waals surface area contributed by atoms with Gasteiger partial charge in [-0.05, 0) is 18.8 Å². The maximum absolute atomic E-state index is 12.5. The molecule has 2 amide bonds. The first-order valence-electron chi connectivity index (χ1n) is 7.31. The Kier molecular flexibility index (Phi) is 6.48. The van der Waals surface area contributed by atoms with Gasteiger partial charge in [0.1, 0.15) is 12.3 Å². The van der Waals surface area contributed by atoms with Crippen molar-refractivity contribution in [3.05, 3.63) is 0 Å². The summed E-state index contributed by atoms with van der Waals surface area (Å²) in [5.74, 6) is -2.41. The number of nitrogens with two attached hydrogens (primary N) is 1. The molecule has 8 heteroatoms. The fraction of sp³-hybridized carbons (Fsp3) is 0.714. The van der Waals surface area contributed by atoms with E-state index >= 15 is 0 Å². The topological polar surface area (TPSA) is 130 Å². The predicted octanol–water partition coefficient (Wildman–Crippen LogP) is -0.881. The molecule has 1 aliphatic rings. The maximum atomic E-state index is 12.5. The Morgan fingerprint density at radius 3 is 2.55 bits per heavy atom. The van der Waals surface area contributed by atoms with Crippen LogP contribution in [0, 0.1) is 5.92 Å². The Morgan fingerprint density at radius 1 is 1.41 bits per heavy atom. The summed E-state index contributed by atoms with van der Waals surface area (Å²) in [6.45, 7) is 4.00. The van der Waals surface area contributed by atoms with E-state index in [9.17, 15) is 19.2 Å². The zero-order chi connectivity index (χ0) is 16.9.